The Morgan fingerprint density at radius 3 is 2.73 bits per heavy atom. The summed E-state index contributed by atoms with van der Waals surface area (Å²) in [5, 5.41) is 10.6. The van der Waals surface area contributed by atoms with Gasteiger partial charge in [0.1, 0.15) is 11.4 Å². The summed E-state index contributed by atoms with van der Waals surface area (Å²) in [5.41, 5.74) is 1.76. The minimum Gasteiger partial charge on any atom is -0.508 e. The Hall–Kier alpha value is -2.70. The Morgan fingerprint density at radius 2 is 2.04 bits per heavy atom. The quantitative estimate of drug-likeness (QED) is 0.849. The molecule has 0 bridgehead atoms. The van der Waals surface area contributed by atoms with Crippen LogP contribution in [0.5, 0.6) is 5.75 Å². The van der Waals surface area contributed by atoms with E-state index in [9.17, 15) is 14.7 Å². The fraction of sp³-hybridized carbons (Fsp3) is 0.474. The van der Waals surface area contributed by atoms with Gasteiger partial charge in [-0.15, -0.1) is 0 Å². The molecule has 26 heavy (non-hydrogen) atoms. The third kappa shape index (κ3) is 2.41. The molecule has 2 amide bonds. The first-order valence-corrected chi connectivity index (χ1v) is 8.83. The number of carbonyl (C=O) groups is 2. The number of aryl methyl sites for hydroxylation is 1. The highest BCUT2D eigenvalue weighted by molar-refractivity contribution is 6.08. The van der Waals surface area contributed by atoms with Crippen LogP contribution in [-0.4, -0.2) is 63.8 Å². The Labute approximate surface area is 151 Å². The summed E-state index contributed by atoms with van der Waals surface area (Å²) in [5.74, 6) is 0.0574. The van der Waals surface area contributed by atoms with Crippen molar-refractivity contribution in [3.63, 3.8) is 0 Å². The lowest BCUT2D eigenvalue weighted by atomic mass is 9.92. The second kappa shape index (κ2) is 5.65. The molecular formula is C19H23N3O4. The summed E-state index contributed by atoms with van der Waals surface area (Å²) >= 11 is 0. The van der Waals surface area contributed by atoms with Crippen LogP contribution in [0, 0.1) is 6.92 Å². The van der Waals surface area contributed by atoms with Gasteiger partial charge in [-0.1, -0.05) is 0 Å². The van der Waals surface area contributed by atoms with E-state index >= 15 is 0 Å². The molecule has 1 aromatic heterocycles. The standard InChI is InChI=1S/C19H23N3O4/c1-12-16(14-9-13(23)5-6-15(14)21(12)3)17(24)22-8-4-7-19(11-22)10-20(2)18(25)26-19/h5-6,9,23H,4,7-8,10-11H2,1-3H3/t19-/m1/s1. The Balaban J connectivity index is 1.70. The zero-order chi connectivity index (χ0) is 18.6. The molecule has 1 spiro atoms. The Bertz CT molecular complexity index is 919. The fourth-order valence-corrected chi connectivity index (χ4v) is 4.26. The van der Waals surface area contributed by atoms with Crippen molar-refractivity contribution < 1.29 is 19.4 Å². The molecular weight excluding hydrogens is 334 g/mol. The smallest absolute Gasteiger partial charge is 0.410 e. The first-order valence-electron chi connectivity index (χ1n) is 8.83. The summed E-state index contributed by atoms with van der Waals surface area (Å²) < 4.78 is 7.57. The van der Waals surface area contributed by atoms with Gasteiger partial charge >= 0.3 is 6.09 Å². The van der Waals surface area contributed by atoms with Crippen LogP contribution in [-0.2, 0) is 11.8 Å². The van der Waals surface area contributed by atoms with Crippen LogP contribution in [0.4, 0.5) is 4.79 Å². The van der Waals surface area contributed by atoms with E-state index in [0.29, 0.717) is 25.2 Å². The highest BCUT2D eigenvalue weighted by atomic mass is 16.6. The van der Waals surface area contributed by atoms with Crippen LogP contribution in [0.2, 0.25) is 0 Å². The van der Waals surface area contributed by atoms with Crippen molar-refractivity contribution in [1.82, 2.24) is 14.4 Å². The SMILES string of the molecule is Cc1c(C(=O)N2CCC[C@@]3(CN(C)C(=O)O3)C2)c2cc(O)ccc2n1C. The molecule has 0 aliphatic carbocycles. The van der Waals surface area contributed by atoms with Crippen molar-refractivity contribution in [1.29, 1.82) is 0 Å². The largest absolute Gasteiger partial charge is 0.508 e. The molecule has 0 radical (unpaired) electrons. The van der Waals surface area contributed by atoms with Gasteiger partial charge in [-0.25, -0.2) is 4.79 Å². The number of hydrogen-bond acceptors (Lipinski definition) is 4. The van der Waals surface area contributed by atoms with E-state index in [0.717, 1.165) is 29.4 Å². The zero-order valence-corrected chi connectivity index (χ0v) is 15.3. The van der Waals surface area contributed by atoms with Gasteiger partial charge in [-0.05, 0) is 38.0 Å². The number of phenols is 1. The predicted molar refractivity (Wildman–Crippen MR) is 96.3 cm³/mol. The number of nitrogens with zero attached hydrogens (tertiary/aromatic N) is 3. The summed E-state index contributed by atoms with van der Waals surface area (Å²) in [6.07, 6.45) is 1.23. The lowest BCUT2D eigenvalue weighted by Gasteiger charge is -2.38. The highest BCUT2D eigenvalue weighted by Crippen LogP contribution is 2.34. The summed E-state index contributed by atoms with van der Waals surface area (Å²) in [6, 6.07) is 5.08. The molecule has 7 heteroatoms. The maximum absolute atomic E-state index is 13.3. The molecule has 1 aromatic carbocycles. The Morgan fingerprint density at radius 1 is 1.27 bits per heavy atom. The third-order valence-corrected chi connectivity index (χ3v) is 5.66. The number of aromatic nitrogens is 1. The predicted octanol–water partition coefficient (Wildman–Crippen LogP) is 2.25. The number of fused-ring (bicyclic) bond motifs is 1. The average Bonchev–Trinajstić information content (AvgIpc) is 3.00. The molecule has 7 nitrogen and oxygen atoms in total. The highest BCUT2D eigenvalue weighted by Gasteiger charge is 2.47. The monoisotopic (exact) mass is 357 g/mol. The number of benzene rings is 1. The van der Waals surface area contributed by atoms with Crippen LogP contribution in [0.15, 0.2) is 18.2 Å². The molecule has 0 unspecified atom stereocenters. The van der Waals surface area contributed by atoms with Crippen LogP contribution in [0.3, 0.4) is 0 Å². The molecule has 0 saturated carbocycles. The summed E-state index contributed by atoms with van der Waals surface area (Å²) in [4.78, 5) is 28.5. The van der Waals surface area contributed by atoms with E-state index in [-0.39, 0.29) is 17.7 Å². The number of likely N-dealkylation sites (tertiary alicyclic amines) is 1. The summed E-state index contributed by atoms with van der Waals surface area (Å²) in [6.45, 7) is 3.45. The van der Waals surface area contributed by atoms with E-state index in [2.05, 4.69) is 0 Å². The van der Waals surface area contributed by atoms with Gasteiger partial charge in [0.05, 0.1) is 18.7 Å². The average molecular weight is 357 g/mol. The number of phenolic OH excluding ortho intramolecular Hbond substituents is 1. The molecule has 2 aromatic rings. The number of amides is 2. The number of ether oxygens (including phenoxy) is 1. The fourth-order valence-electron chi connectivity index (χ4n) is 4.26. The third-order valence-electron chi connectivity index (χ3n) is 5.66. The van der Waals surface area contributed by atoms with E-state index in [1.807, 2.05) is 24.6 Å². The molecule has 1 N–H and O–H groups in total. The van der Waals surface area contributed by atoms with Gasteiger partial charge in [-0.3, -0.25) is 4.79 Å². The van der Waals surface area contributed by atoms with Crippen LogP contribution in [0.25, 0.3) is 10.9 Å². The Kier molecular flexibility index (Phi) is 3.64. The first kappa shape index (κ1) is 16.8. The van der Waals surface area contributed by atoms with Gasteiger partial charge in [0.25, 0.3) is 5.91 Å². The summed E-state index contributed by atoms with van der Waals surface area (Å²) in [7, 11) is 3.63. The number of hydrogen-bond donors (Lipinski definition) is 1. The number of piperidine rings is 1. The van der Waals surface area contributed by atoms with Crippen LogP contribution < -0.4 is 0 Å². The number of aromatic hydroxyl groups is 1. The number of carbonyl (C=O) groups excluding carboxylic acids is 2. The van der Waals surface area contributed by atoms with Crippen LogP contribution in [0.1, 0.15) is 28.9 Å². The van der Waals surface area contributed by atoms with Gasteiger partial charge < -0.3 is 24.2 Å². The topological polar surface area (TPSA) is 75.0 Å². The molecule has 2 fully saturated rings. The van der Waals surface area contributed by atoms with Crippen LogP contribution >= 0.6 is 0 Å². The molecule has 4 rings (SSSR count). The van der Waals surface area contributed by atoms with Gasteiger partial charge in [0, 0.05) is 37.2 Å². The molecule has 138 valence electrons. The van der Waals surface area contributed by atoms with E-state index in [4.69, 9.17) is 4.74 Å². The molecule has 2 aliphatic rings. The first-order chi connectivity index (χ1) is 12.3. The van der Waals surface area contributed by atoms with E-state index in [1.165, 1.54) is 0 Å². The van der Waals surface area contributed by atoms with Crippen molar-refractivity contribution in [2.75, 3.05) is 26.7 Å². The second-order valence-electron chi connectivity index (χ2n) is 7.46. The van der Waals surface area contributed by atoms with Crippen molar-refractivity contribution in [3.05, 3.63) is 29.5 Å². The maximum atomic E-state index is 13.3. The van der Waals surface area contributed by atoms with E-state index < -0.39 is 5.60 Å². The minimum absolute atomic E-state index is 0.0802. The lowest BCUT2D eigenvalue weighted by molar-refractivity contribution is -0.00518. The molecule has 2 saturated heterocycles. The van der Waals surface area contributed by atoms with Crippen molar-refractivity contribution in [3.8, 4) is 5.75 Å². The van der Waals surface area contributed by atoms with Crippen molar-refractivity contribution in [2.24, 2.45) is 7.05 Å². The maximum Gasteiger partial charge on any atom is 0.410 e. The number of rotatable bonds is 1. The van der Waals surface area contributed by atoms with E-state index in [1.54, 1.807) is 29.0 Å². The molecule has 1 atom stereocenters. The van der Waals surface area contributed by atoms with Crippen molar-refractivity contribution in [2.45, 2.75) is 25.4 Å². The van der Waals surface area contributed by atoms with Crippen molar-refractivity contribution >= 4 is 22.9 Å². The second-order valence-corrected chi connectivity index (χ2v) is 7.46. The van der Waals surface area contributed by atoms with Gasteiger partial charge in [-0.2, -0.15) is 0 Å². The molecule has 2 aliphatic heterocycles. The minimum atomic E-state index is -0.611. The molecule has 3 heterocycles. The van der Waals surface area contributed by atoms with Gasteiger partial charge in [0.15, 0.2) is 0 Å². The zero-order valence-electron chi connectivity index (χ0n) is 15.3. The van der Waals surface area contributed by atoms with Gasteiger partial charge in [0.2, 0.25) is 0 Å². The normalized spacial score (nSPS) is 23.1. The lowest BCUT2D eigenvalue weighted by Crippen LogP contribution is -2.52. The number of likely N-dealkylation sites (N-methyl/N-ethyl adjacent to an activating group) is 1.